The Labute approximate surface area is 170 Å². The van der Waals surface area contributed by atoms with Crippen LogP contribution < -0.4 is 15.0 Å². The van der Waals surface area contributed by atoms with E-state index in [4.69, 9.17) is 9.47 Å². The van der Waals surface area contributed by atoms with Gasteiger partial charge in [-0.15, -0.1) is 0 Å². The van der Waals surface area contributed by atoms with Crippen LogP contribution in [0.2, 0.25) is 0 Å². The summed E-state index contributed by atoms with van der Waals surface area (Å²) in [5, 5.41) is 8.86. The molecule has 2 aliphatic rings. The van der Waals surface area contributed by atoms with Crippen LogP contribution >= 0.6 is 0 Å². The Morgan fingerprint density at radius 2 is 2.14 bits per heavy atom. The predicted molar refractivity (Wildman–Crippen MR) is 106 cm³/mol. The fourth-order valence-electron chi connectivity index (χ4n) is 3.41. The van der Waals surface area contributed by atoms with Gasteiger partial charge >= 0.3 is 0 Å². The molecule has 1 saturated heterocycles. The lowest BCUT2D eigenvalue weighted by Gasteiger charge is -2.45. The fraction of sp³-hybridized carbons (Fsp3) is 0.588. The third kappa shape index (κ3) is 3.46. The van der Waals surface area contributed by atoms with E-state index in [2.05, 4.69) is 35.4 Å². The summed E-state index contributed by atoms with van der Waals surface area (Å²) in [7, 11) is -1.27. The molecule has 2 aromatic heterocycles. The van der Waals surface area contributed by atoms with Gasteiger partial charge < -0.3 is 14.4 Å². The van der Waals surface area contributed by atoms with Crippen molar-refractivity contribution in [1.82, 2.24) is 25.1 Å². The lowest BCUT2D eigenvalue weighted by molar-refractivity contribution is 0.0481. The number of aromatic nitrogens is 5. The summed E-state index contributed by atoms with van der Waals surface area (Å²) < 4.78 is 23.3. The zero-order valence-electron chi connectivity index (χ0n) is 16.6. The van der Waals surface area contributed by atoms with Gasteiger partial charge in [-0.25, -0.2) is 15.1 Å². The number of carbonyl (C=O) groups is 1. The fourth-order valence-corrected chi connectivity index (χ4v) is 3.82. The van der Waals surface area contributed by atoms with Crippen molar-refractivity contribution in [1.29, 1.82) is 0 Å². The Balaban J connectivity index is 1.84. The Morgan fingerprint density at radius 3 is 2.83 bits per heavy atom. The maximum atomic E-state index is 12.8. The molecule has 1 unspecified atom stereocenters. The van der Waals surface area contributed by atoms with Crippen LogP contribution in [0.25, 0.3) is 0 Å². The van der Waals surface area contributed by atoms with Gasteiger partial charge in [0.2, 0.25) is 11.8 Å². The molecular formula is C17H23N7O4S. The van der Waals surface area contributed by atoms with E-state index >= 15 is 0 Å². The second-order valence-electron chi connectivity index (χ2n) is 7.56. The van der Waals surface area contributed by atoms with Gasteiger partial charge in [-0.1, -0.05) is 0 Å². The average molecular weight is 421 g/mol. The highest BCUT2D eigenvalue weighted by Gasteiger charge is 2.42. The molecule has 2 N–H and O–H groups in total. The van der Waals surface area contributed by atoms with Crippen LogP contribution in [0.1, 0.15) is 37.1 Å². The number of amides is 1. The highest BCUT2D eigenvalue weighted by atomic mass is 32.2. The molecule has 4 rings (SSSR count). The molecule has 2 aromatic rings. The van der Waals surface area contributed by atoms with Crippen molar-refractivity contribution in [2.24, 2.45) is 0 Å². The summed E-state index contributed by atoms with van der Waals surface area (Å²) in [5.41, 5.74) is 0.434. The summed E-state index contributed by atoms with van der Waals surface area (Å²) in [4.78, 5) is 27.8. The Kier molecular flexibility index (Phi) is 4.99. The number of anilines is 2. The smallest absolute Gasteiger partial charge is 0.295 e. The normalized spacial score (nSPS) is 22.3. The molecule has 11 nitrogen and oxygen atoms in total. The molecule has 3 atom stereocenters. The van der Waals surface area contributed by atoms with E-state index in [-0.39, 0.29) is 23.9 Å². The van der Waals surface area contributed by atoms with Crippen molar-refractivity contribution in [3.05, 3.63) is 17.8 Å². The van der Waals surface area contributed by atoms with E-state index in [0.717, 1.165) is 0 Å². The van der Waals surface area contributed by atoms with Crippen LogP contribution in [0.5, 0.6) is 5.75 Å². The number of hydrogen-bond donors (Lipinski definition) is 2. The van der Waals surface area contributed by atoms with Crippen LogP contribution in [0.4, 0.5) is 11.8 Å². The van der Waals surface area contributed by atoms with E-state index < -0.39 is 21.5 Å². The van der Waals surface area contributed by atoms with Gasteiger partial charge in [0.1, 0.15) is 18.6 Å². The van der Waals surface area contributed by atoms with Gasteiger partial charge in [0.05, 0.1) is 30.0 Å². The highest BCUT2D eigenvalue weighted by molar-refractivity contribution is 7.85. The molecular weight excluding hydrogens is 398 g/mol. The van der Waals surface area contributed by atoms with E-state index in [1.54, 1.807) is 6.26 Å². The summed E-state index contributed by atoms with van der Waals surface area (Å²) in [6.07, 6.45) is 2.89. The quantitative estimate of drug-likeness (QED) is 0.721. The summed E-state index contributed by atoms with van der Waals surface area (Å²) in [6.45, 7) is 7.10. The number of rotatable bonds is 4. The largest absolute Gasteiger partial charge is 0.486 e. The van der Waals surface area contributed by atoms with Crippen LogP contribution in [-0.2, 0) is 20.3 Å². The minimum absolute atomic E-state index is 0.0191. The molecule has 12 heteroatoms. The predicted octanol–water partition coefficient (Wildman–Crippen LogP) is 0.447. The number of ether oxygens (including phenoxy) is 2. The lowest BCUT2D eigenvalue weighted by atomic mass is 10.0. The SMILES string of the molecule is C[C@@H]1COC[C@H]2COc3c(nc(C(=O)Nc4ncn[nH]4)nc3C(C)(C)S(C)=O)N21. The van der Waals surface area contributed by atoms with Crippen molar-refractivity contribution in [2.45, 2.75) is 37.6 Å². The standard InChI is InChI=1S/C17H23N7O4S/c1-9-5-27-6-10-7-28-11-12(17(2,3)29(4)26)20-13(21-14(11)24(9)10)15(25)22-16-18-8-19-23-16/h8-10H,5-7H2,1-4H3,(H2,18,19,22,23,25)/t9-,10+,29?/m1/s1. The summed E-state index contributed by atoms with van der Waals surface area (Å²) >= 11 is 0. The maximum Gasteiger partial charge on any atom is 0.295 e. The van der Waals surface area contributed by atoms with Crippen molar-refractivity contribution < 1.29 is 18.5 Å². The van der Waals surface area contributed by atoms with Crippen LogP contribution in [0.15, 0.2) is 6.33 Å². The van der Waals surface area contributed by atoms with Crippen LogP contribution in [0, 0.1) is 0 Å². The van der Waals surface area contributed by atoms with Crippen molar-refractivity contribution in [2.75, 3.05) is 36.3 Å². The number of aromatic amines is 1. The molecule has 156 valence electrons. The van der Waals surface area contributed by atoms with Crippen molar-refractivity contribution in [3.63, 3.8) is 0 Å². The summed E-state index contributed by atoms with van der Waals surface area (Å²) in [5.74, 6) is 0.558. The van der Waals surface area contributed by atoms with Gasteiger partial charge in [0, 0.05) is 17.1 Å². The zero-order chi connectivity index (χ0) is 20.8. The second-order valence-corrected chi connectivity index (χ2v) is 9.49. The van der Waals surface area contributed by atoms with Gasteiger partial charge in [-0.3, -0.25) is 14.3 Å². The minimum atomic E-state index is -1.27. The summed E-state index contributed by atoms with van der Waals surface area (Å²) in [6, 6.07) is 0.0222. The maximum absolute atomic E-state index is 12.8. The first-order chi connectivity index (χ1) is 13.8. The molecule has 0 spiro atoms. The number of nitrogens with one attached hydrogen (secondary N) is 2. The third-order valence-corrected chi connectivity index (χ3v) is 6.82. The number of carbonyl (C=O) groups excluding carboxylic acids is 1. The van der Waals surface area contributed by atoms with Gasteiger partial charge in [-0.2, -0.15) is 10.1 Å². The average Bonchev–Trinajstić information content (AvgIpc) is 3.19. The molecule has 0 saturated carbocycles. The number of hydrogen-bond acceptors (Lipinski definition) is 9. The first kappa shape index (κ1) is 19.7. The first-order valence-electron chi connectivity index (χ1n) is 9.20. The molecule has 0 radical (unpaired) electrons. The monoisotopic (exact) mass is 421 g/mol. The lowest BCUT2D eigenvalue weighted by Crippen LogP contribution is -2.56. The van der Waals surface area contributed by atoms with E-state index in [0.29, 0.717) is 37.1 Å². The highest BCUT2D eigenvalue weighted by Crippen LogP contribution is 2.42. The van der Waals surface area contributed by atoms with Crippen molar-refractivity contribution >= 4 is 28.5 Å². The number of fused-ring (bicyclic) bond motifs is 3. The first-order valence-corrected chi connectivity index (χ1v) is 10.8. The molecule has 1 amide bonds. The molecule has 1 fully saturated rings. The van der Waals surface area contributed by atoms with E-state index in [9.17, 15) is 9.00 Å². The van der Waals surface area contributed by atoms with Gasteiger partial charge in [0.15, 0.2) is 11.6 Å². The Bertz CT molecular complexity index is 950. The molecule has 2 aliphatic heterocycles. The number of morpholine rings is 1. The van der Waals surface area contributed by atoms with E-state index in [1.165, 1.54) is 6.33 Å². The van der Waals surface area contributed by atoms with Crippen molar-refractivity contribution in [3.8, 4) is 5.75 Å². The molecule has 4 heterocycles. The minimum Gasteiger partial charge on any atom is -0.486 e. The Morgan fingerprint density at radius 1 is 1.34 bits per heavy atom. The second kappa shape index (κ2) is 7.34. The molecule has 0 aromatic carbocycles. The number of nitrogens with zero attached hydrogens (tertiary/aromatic N) is 5. The molecule has 0 aliphatic carbocycles. The van der Waals surface area contributed by atoms with E-state index in [1.807, 2.05) is 20.8 Å². The topological polar surface area (TPSA) is 135 Å². The van der Waals surface area contributed by atoms with Gasteiger partial charge in [0.25, 0.3) is 5.91 Å². The number of H-pyrrole nitrogens is 1. The van der Waals surface area contributed by atoms with Gasteiger partial charge in [-0.05, 0) is 20.8 Å². The Hall–Kier alpha value is -2.60. The molecule has 29 heavy (non-hydrogen) atoms. The van der Waals surface area contributed by atoms with Crippen LogP contribution in [0.3, 0.4) is 0 Å². The zero-order valence-corrected chi connectivity index (χ0v) is 17.4. The molecule has 0 bridgehead atoms. The van der Waals surface area contributed by atoms with Crippen LogP contribution in [-0.4, -0.2) is 73.4 Å². The third-order valence-electron chi connectivity index (χ3n) is 5.19.